The zero-order valence-corrected chi connectivity index (χ0v) is 10.7. The maximum Gasteiger partial charge on any atom is 0.330 e. The van der Waals surface area contributed by atoms with Crippen LogP contribution in [-0.4, -0.2) is 9.55 Å². The van der Waals surface area contributed by atoms with Gasteiger partial charge < -0.3 is 4.98 Å². The van der Waals surface area contributed by atoms with E-state index in [-0.39, 0.29) is 11.1 Å². The van der Waals surface area contributed by atoms with Gasteiger partial charge in [0.2, 0.25) is 0 Å². The van der Waals surface area contributed by atoms with Gasteiger partial charge in [0.25, 0.3) is 0 Å². The summed E-state index contributed by atoms with van der Waals surface area (Å²) in [5.74, 6) is 0. The van der Waals surface area contributed by atoms with E-state index in [0.717, 1.165) is 5.69 Å². The molecule has 1 heterocycles. The first-order valence-electron chi connectivity index (χ1n) is 5.75. The first kappa shape index (κ1) is 12.2. The summed E-state index contributed by atoms with van der Waals surface area (Å²) in [6.07, 6.45) is 1.72. The third kappa shape index (κ3) is 2.07. The summed E-state index contributed by atoms with van der Waals surface area (Å²) in [6, 6.07) is 9.12. The van der Waals surface area contributed by atoms with Crippen molar-refractivity contribution >= 4 is 0 Å². The minimum Gasteiger partial charge on any atom is -0.312 e. The van der Waals surface area contributed by atoms with Crippen LogP contribution >= 0.6 is 0 Å². The Labute approximate surface area is 106 Å². The summed E-state index contributed by atoms with van der Waals surface area (Å²) in [5, 5.41) is 8.91. The fraction of sp³-hybridized carbons (Fsp3) is 0.286. The number of aromatic amines is 1. The number of nitrogens with one attached hydrogen (secondary N) is 1. The van der Waals surface area contributed by atoms with Crippen molar-refractivity contribution in [1.82, 2.24) is 9.55 Å². The van der Waals surface area contributed by atoms with E-state index in [4.69, 9.17) is 5.26 Å². The molecule has 0 spiro atoms. The second-order valence-electron chi connectivity index (χ2n) is 5.23. The Morgan fingerprint density at radius 3 is 2.67 bits per heavy atom. The van der Waals surface area contributed by atoms with Crippen LogP contribution in [0.4, 0.5) is 0 Å². The van der Waals surface area contributed by atoms with Crippen LogP contribution in [-0.2, 0) is 5.41 Å². The first-order valence-corrected chi connectivity index (χ1v) is 5.75. The van der Waals surface area contributed by atoms with E-state index in [1.54, 1.807) is 29.0 Å². The molecule has 0 aliphatic carbocycles. The Hall–Kier alpha value is -2.28. The Balaban J connectivity index is 2.68. The lowest BCUT2D eigenvalue weighted by Crippen LogP contribution is -2.23. The molecule has 1 N–H and O–H groups in total. The van der Waals surface area contributed by atoms with Crippen molar-refractivity contribution < 1.29 is 0 Å². The molecule has 0 bridgehead atoms. The molecule has 4 heteroatoms. The van der Waals surface area contributed by atoms with Crippen molar-refractivity contribution in [2.45, 2.75) is 26.2 Å². The fourth-order valence-electron chi connectivity index (χ4n) is 1.89. The molecule has 0 unspecified atom stereocenters. The fourth-order valence-corrected chi connectivity index (χ4v) is 1.89. The third-order valence-electron chi connectivity index (χ3n) is 2.78. The second-order valence-corrected chi connectivity index (χ2v) is 5.23. The lowest BCUT2D eigenvalue weighted by molar-refractivity contribution is 0.554. The SMILES string of the molecule is CC(C)(C)c1c[nH]c(=O)n1-c1cccc(C#N)c1. The predicted molar refractivity (Wildman–Crippen MR) is 69.8 cm³/mol. The minimum absolute atomic E-state index is 0.151. The van der Waals surface area contributed by atoms with E-state index in [1.165, 1.54) is 0 Å². The molecule has 0 fully saturated rings. The smallest absolute Gasteiger partial charge is 0.312 e. The normalized spacial score (nSPS) is 11.2. The van der Waals surface area contributed by atoms with Gasteiger partial charge in [-0.3, -0.25) is 4.57 Å². The van der Waals surface area contributed by atoms with E-state index in [1.807, 2.05) is 26.8 Å². The van der Waals surface area contributed by atoms with Gasteiger partial charge in [0.15, 0.2) is 0 Å². The van der Waals surface area contributed by atoms with Crippen molar-refractivity contribution in [2.75, 3.05) is 0 Å². The molecule has 2 aromatic rings. The van der Waals surface area contributed by atoms with E-state index >= 15 is 0 Å². The number of H-pyrrole nitrogens is 1. The monoisotopic (exact) mass is 241 g/mol. The maximum absolute atomic E-state index is 11.9. The van der Waals surface area contributed by atoms with Crippen LogP contribution in [0, 0.1) is 11.3 Å². The van der Waals surface area contributed by atoms with Gasteiger partial charge in [-0.1, -0.05) is 26.8 Å². The molecule has 0 saturated heterocycles. The Bertz CT molecular complexity index is 665. The van der Waals surface area contributed by atoms with Crippen LogP contribution in [0.25, 0.3) is 5.69 Å². The summed E-state index contributed by atoms with van der Waals surface area (Å²) in [5.41, 5.74) is 1.81. The molecule has 92 valence electrons. The molecule has 1 aromatic carbocycles. The van der Waals surface area contributed by atoms with E-state index < -0.39 is 0 Å². The van der Waals surface area contributed by atoms with Gasteiger partial charge in [-0.25, -0.2) is 4.79 Å². The molecule has 4 nitrogen and oxygen atoms in total. The minimum atomic E-state index is -0.185. The number of imidazole rings is 1. The van der Waals surface area contributed by atoms with E-state index in [2.05, 4.69) is 11.1 Å². The average molecular weight is 241 g/mol. The number of benzene rings is 1. The summed E-state index contributed by atoms with van der Waals surface area (Å²) in [4.78, 5) is 14.6. The molecule has 0 saturated carbocycles. The molecule has 0 amide bonds. The number of nitriles is 1. The van der Waals surface area contributed by atoms with Crippen molar-refractivity contribution in [3.05, 3.63) is 52.2 Å². The Morgan fingerprint density at radius 2 is 2.06 bits per heavy atom. The third-order valence-corrected chi connectivity index (χ3v) is 2.78. The van der Waals surface area contributed by atoms with E-state index in [0.29, 0.717) is 11.3 Å². The van der Waals surface area contributed by atoms with Crippen LogP contribution in [0.15, 0.2) is 35.3 Å². The number of aromatic nitrogens is 2. The van der Waals surface area contributed by atoms with E-state index in [9.17, 15) is 4.79 Å². The molecule has 0 aliphatic rings. The maximum atomic E-state index is 11.9. The summed E-state index contributed by atoms with van der Waals surface area (Å²) in [6.45, 7) is 6.13. The predicted octanol–water partition coefficient (Wildman–Crippen LogP) is 2.33. The number of hydrogen-bond acceptors (Lipinski definition) is 2. The molecule has 0 atom stereocenters. The van der Waals surface area contributed by atoms with Crippen LogP contribution in [0.1, 0.15) is 32.0 Å². The summed E-state index contributed by atoms with van der Waals surface area (Å²) < 4.78 is 1.61. The molecule has 0 radical (unpaired) electrons. The lowest BCUT2D eigenvalue weighted by Gasteiger charge is -2.20. The van der Waals surface area contributed by atoms with Gasteiger partial charge in [0.1, 0.15) is 0 Å². The van der Waals surface area contributed by atoms with Crippen molar-refractivity contribution in [3.63, 3.8) is 0 Å². The van der Waals surface area contributed by atoms with Gasteiger partial charge in [-0.15, -0.1) is 0 Å². The molecule has 2 rings (SSSR count). The highest BCUT2D eigenvalue weighted by Gasteiger charge is 2.21. The standard InChI is InChI=1S/C14H15N3O/c1-14(2,3)12-9-16-13(18)17(12)11-6-4-5-10(7-11)8-15/h4-7,9H,1-3H3,(H,16,18). The summed E-state index contributed by atoms with van der Waals surface area (Å²) in [7, 11) is 0. The second kappa shape index (κ2) is 4.19. The van der Waals surface area contributed by atoms with Crippen molar-refractivity contribution in [1.29, 1.82) is 5.26 Å². The number of hydrogen-bond donors (Lipinski definition) is 1. The molecule has 18 heavy (non-hydrogen) atoms. The van der Waals surface area contributed by atoms with Gasteiger partial charge in [-0.05, 0) is 18.2 Å². The Kier molecular flexibility index (Phi) is 2.84. The van der Waals surface area contributed by atoms with Gasteiger partial charge >= 0.3 is 5.69 Å². The molecule has 1 aromatic heterocycles. The topological polar surface area (TPSA) is 61.6 Å². The largest absolute Gasteiger partial charge is 0.330 e. The van der Waals surface area contributed by atoms with Gasteiger partial charge in [0, 0.05) is 17.3 Å². The number of nitrogens with zero attached hydrogens (tertiary/aromatic N) is 2. The quantitative estimate of drug-likeness (QED) is 0.833. The number of rotatable bonds is 1. The highest BCUT2D eigenvalue weighted by Crippen LogP contribution is 2.23. The zero-order chi connectivity index (χ0) is 13.3. The van der Waals surface area contributed by atoms with Crippen molar-refractivity contribution in [2.24, 2.45) is 0 Å². The first-order chi connectivity index (χ1) is 8.43. The highest BCUT2D eigenvalue weighted by molar-refractivity contribution is 5.42. The highest BCUT2D eigenvalue weighted by atomic mass is 16.1. The van der Waals surface area contributed by atoms with Gasteiger partial charge in [0.05, 0.1) is 17.3 Å². The Morgan fingerprint density at radius 1 is 1.33 bits per heavy atom. The van der Waals surface area contributed by atoms with Crippen LogP contribution in [0.2, 0.25) is 0 Å². The van der Waals surface area contributed by atoms with Crippen LogP contribution in [0.3, 0.4) is 0 Å². The molecular weight excluding hydrogens is 226 g/mol. The molecule has 0 aliphatic heterocycles. The van der Waals surface area contributed by atoms with Crippen LogP contribution < -0.4 is 5.69 Å². The van der Waals surface area contributed by atoms with Crippen molar-refractivity contribution in [3.8, 4) is 11.8 Å². The lowest BCUT2D eigenvalue weighted by atomic mass is 9.92. The molecular formula is C14H15N3O. The van der Waals surface area contributed by atoms with Gasteiger partial charge in [-0.2, -0.15) is 5.26 Å². The zero-order valence-electron chi connectivity index (χ0n) is 10.7. The summed E-state index contributed by atoms with van der Waals surface area (Å²) >= 11 is 0. The van der Waals surface area contributed by atoms with Crippen LogP contribution in [0.5, 0.6) is 0 Å². The average Bonchev–Trinajstić information content (AvgIpc) is 2.71.